The molecular weight excluding hydrogens is 490 g/mol. The summed E-state index contributed by atoms with van der Waals surface area (Å²) in [4.78, 5) is 15.0. The van der Waals surface area contributed by atoms with Crippen LogP contribution in [0.5, 0.6) is 0 Å². The molecule has 0 spiro atoms. The van der Waals surface area contributed by atoms with Crippen molar-refractivity contribution in [1.82, 2.24) is 13.5 Å². The van der Waals surface area contributed by atoms with Crippen LogP contribution >= 0.6 is 0 Å². The molecule has 2 fully saturated rings. The molecule has 3 rings (SSSR count). The van der Waals surface area contributed by atoms with Crippen LogP contribution in [-0.4, -0.2) is 86.2 Å². The van der Waals surface area contributed by atoms with Gasteiger partial charge in [-0.1, -0.05) is 13.8 Å². The summed E-state index contributed by atoms with van der Waals surface area (Å²) in [6, 6.07) is 5.33. The second kappa shape index (κ2) is 10.8. The maximum Gasteiger partial charge on any atom is 0.243 e. The summed E-state index contributed by atoms with van der Waals surface area (Å²) in [6.45, 7) is 9.34. The van der Waals surface area contributed by atoms with E-state index in [4.69, 9.17) is 0 Å². The lowest BCUT2D eigenvalue weighted by atomic mass is 9.82. The van der Waals surface area contributed by atoms with Crippen LogP contribution < -0.4 is 0 Å². The highest BCUT2D eigenvalue weighted by molar-refractivity contribution is 7.89. The third-order valence-corrected chi connectivity index (χ3v) is 11.3. The van der Waals surface area contributed by atoms with Gasteiger partial charge in [0.2, 0.25) is 26.0 Å². The zero-order valence-corrected chi connectivity index (χ0v) is 22.8. The van der Waals surface area contributed by atoms with Crippen molar-refractivity contribution in [1.29, 1.82) is 0 Å². The molecular formula is C24H39N3O6S2. The fourth-order valence-electron chi connectivity index (χ4n) is 5.07. The van der Waals surface area contributed by atoms with Crippen molar-refractivity contribution in [2.45, 2.75) is 68.8 Å². The standard InChI is InChI=1S/C24H39N3O6S2/c1-5-26(6-2)34(30,31)21-9-11-22(12-10-21)35(32,33)27-15-7-8-19(18-27)23(28)25-16-13-20(14-17-25)24(3,4)29/h9-12,19-20,29H,5-8,13-18H2,1-4H3. The van der Waals surface area contributed by atoms with E-state index in [-0.39, 0.29) is 28.2 Å². The Morgan fingerprint density at radius 2 is 1.51 bits per heavy atom. The highest BCUT2D eigenvalue weighted by Gasteiger charge is 2.38. The summed E-state index contributed by atoms with van der Waals surface area (Å²) < 4.78 is 54.7. The number of sulfonamides is 2. The van der Waals surface area contributed by atoms with E-state index in [2.05, 4.69) is 0 Å². The molecule has 2 aliphatic heterocycles. The molecule has 0 saturated carbocycles. The van der Waals surface area contributed by atoms with E-state index in [1.807, 2.05) is 0 Å². The Morgan fingerprint density at radius 1 is 0.971 bits per heavy atom. The van der Waals surface area contributed by atoms with Crippen molar-refractivity contribution in [2.24, 2.45) is 11.8 Å². The van der Waals surface area contributed by atoms with Gasteiger partial charge in [-0.15, -0.1) is 0 Å². The molecule has 2 heterocycles. The number of likely N-dealkylation sites (tertiary alicyclic amines) is 1. The molecule has 0 aromatic heterocycles. The molecule has 0 bridgehead atoms. The minimum absolute atomic E-state index is 0.0232. The molecule has 0 radical (unpaired) electrons. The first-order valence-electron chi connectivity index (χ1n) is 12.4. The van der Waals surface area contributed by atoms with Crippen molar-refractivity contribution in [2.75, 3.05) is 39.3 Å². The smallest absolute Gasteiger partial charge is 0.243 e. The molecule has 35 heavy (non-hydrogen) atoms. The fraction of sp³-hybridized carbons (Fsp3) is 0.708. The number of piperidine rings is 2. The number of aliphatic hydroxyl groups is 1. The van der Waals surface area contributed by atoms with Gasteiger partial charge in [-0.2, -0.15) is 8.61 Å². The summed E-state index contributed by atoms with van der Waals surface area (Å²) in [5.74, 6) is -0.289. The van der Waals surface area contributed by atoms with Crippen LogP contribution in [0.2, 0.25) is 0 Å². The Hall–Kier alpha value is -1.53. The van der Waals surface area contributed by atoms with Gasteiger partial charge in [-0.25, -0.2) is 16.8 Å². The molecule has 1 amide bonds. The predicted molar refractivity (Wildman–Crippen MR) is 134 cm³/mol. The molecule has 2 saturated heterocycles. The monoisotopic (exact) mass is 529 g/mol. The van der Waals surface area contributed by atoms with Crippen molar-refractivity contribution < 1.29 is 26.7 Å². The lowest BCUT2D eigenvalue weighted by Crippen LogP contribution is -2.50. The summed E-state index contributed by atoms with van der Waals surface area (Å²) in [6.07, 6.45) is 2.68. The molecule has 1 aromatic rings. The number of hydrogen-bond acceptors (Lipinski definition) is 6. The van der Waals surface area contributed by atoms with Crippen LogP contribution in [0.15, 0.2) is 34.1 Å². The first kappa shape index (κ1) is 28.0. The van der Waals surface area contributed by atoms with Crippen molar-refractivity contribution in [3.8, 4) is 0 Å². The maximum absolute atomic E-state index is 13.3. The van der Waals surface area contributed by atoms with E-state index in [1.54, 1.807) is 32.6 Å². The Morgan fingerprint density at radius 3 is 2.03 bits per heavy atom. The van der Waals surface area contributed by atoms with Gasteiger partial charge in [0.15, 0.2) is 0 Å². The summed E-state index contributed by atoms with van der Waals surface area (Å²) in [5.41, 5.74) is -0.773. The minimum atomic E-state index is -3.86. The van der Waals surface area contributed by atoms with Crippen LogP contribution in [0, 0.1) is 11.8 Å². The highest BCUT2D eigenvalue weighted by atomic mass is 32.2. The van der Waals surface area contributed by atoms with E-state index in [0.717, 1.165) is 12.8 Å². The average Bonchev–Trinajstić information content (AvgIpc) is 2.84. The number of benzene rings is 1. The summed E-state index contributed by atoms with van der Waals surface area (Å²) in [5, 5.41) is 10.2. The van der Waals surface area contributed by atoms with Gasteiger partial charge >= 0.3 is 0 Å². The second-order valence-electron chi connectivity index (χ2n) is 10.0. The Kier molecular flexibility index (Phi) is 8.69. The number of nitrogens with zero attached hydrogens (tertiary/aromatic N) is 3. The number of hydrogen-bond donors (Lipinski definition) is 1. The van der Waals surface area contributed by atoms with Crippen molar-refractivity contribution in [3.63, 3.8) is 0 Å². The number of carbonyl (C=O) groups excluding carboxylic acids is 1. The lowest BCUT2D eigenvalue weighted by Gasteiger charge is -2.40. The van der Waals surface area contributed by atoms with Gasteiger partial charge in [-0.3, -0.25) is 4.79 Å². The van der Waals surface area contributed by atoms with E-state index in [9.17, 15) is 26.7 Å². The molecule has 11 heteroatoms. The quantitative estimate of drug-likeness (QED) is 0.552. The SMILES string of the molecule is CCN(CC)S(=O)(=O)c1ccc(S(=O)(=O)N2CCCC(C(=O)N3CCC(C(C)(C)O)CC3)C2)cc1. The molecule has 2 aliphatic rings. The molecule has 1 aromatic carbocycles. The summed E-state index contributed by atoms with van der Waals surface area (Å²) in [7, 11) is -7.53. The minimum Gasteiger partial charge on any atom is -0.390 e. The molecule has 198 valence electrons. The van der Waals surface area contributed by atoms with E-state index in [0.29, 0.717) is 45.6 Å². The molecule has 1 atom stereocenters. The largest absolute Gasteiger partial charge is 0.390 e. The molecule has 1 unspecified atom stereocenters. The first-order chi connectivity index (χ1) is 16.3. The maximum atomic E-state index is 13.3. The Balaban J connectivity index is 1.69. The second-order valence-corrected chi connectivity index (χ2v) is 13.9. The van der Waals surface area contributed by atoms with Gasteiger partial charge in [-0.05, 0) is 69.7 Å². The van der Waals surface area contributed by atoms with Gasteiger partial charge in [0.25, 0.3) is 0 Å². The zero-order chi connectivity index (χ0) is 26.0. The van der Waals surface area contributed by atoms with Gasteiger partial charge in [0.05, 0.1) is 21.3 Å². The fourth-order valence-corrected chi connectivity index (χ4v) is 8.05. The van der Waals surface area contributed by atoms with E-state index >= 15 is 0 Å². The van der Waals surface area contributed by atoms with E-state index < -0.39 is 31.6 Å². The van der Waals surface area contributed by atoms with Crippen LogP contribution in [-0.2, 0) is 24.8 Å². The Labute approximate surface area is 210 Å². The molecule has 0 aliphatic carbocycles. The third kappa shape index (κ3) is 6.07. The number of amides is 1. The van der Waals surface area contributed by atoms with Crippen LogP contribution in [0.25, 0.3) is 0 Å². The highest BCUT2D eigenvalue weighted by Crippen LogP contribution is 2.31. The van der Waals surface area contributed by atoms with Crippen LogP contribution in [0.1, 0.15) is 53.4 Å². The van der Waals surface area contributed by atoms with Gasteiger partial charge < -0.3 is 10.0 Å². The first-order valence-corrected chi connectivity index (χ1v) is 15.3. The molecule has 1 N–H and O–H groups in total. The number of carbonyl (C=O) groups is 1. The topological polar surface area (TPSA) is 115 Å². The van der Waals surface area contributed by atoms with Gasteiger partial charge in [0.1, 0.15) is 0 Å². The lowest BCUT2D eigenvalue weighted by molar-refractivity contribution is -0.139. The number of rotatable bonds is 8. The van der Waals surface area contributed by atoms with Crippen molar-refractivity contribution >= 4 is 26.0 Å². The van der Waals surface area contributed by atoms with Crippen LogP contribution in [0.3, 0.4) is 0 Å². The van der Waals surface area contributed by atoms with Gasteiger partial charge in [0, 0.05) is 39.3 Å². The zero-order valence-electron chi connectivity index (χ0n) is 21.2. The average molecular weight is 530 g/mol. The summed E-state index contributed by atoms with van der Waals surface area (Å²) >= 11 is 0. The van der Waals surface area contributed by atoms with Crippen molar-refractivity contribution in [3.05, 3.63) is 24.3 Å². The van der Waals surface area contributed by atoms with E-state index in [1.165, 1.54) is 32.9 Å². The predicted octanol–water partition coefficient (Wildman–Crippen LogP) is 2.13. The van der Waals surface area contributed by atoms with Crippen LogP contribution in [0.4, 0.5) is 0 Å². The third-order valence-electron chi connectivity index (χ3n) is 7.34. The molecule has 9 nitrogen and oxygen atoms in total. The Bertz CT molecular complexity index is 1090. The normalized spacial score (nSPS) is 21.4.